The highest BCUT2D eigenvalue weighted by molar-refractivity contribution is 8.00. The van der Waals surface area contributed by atoms with Gasteiger partial charge in [-0.15, -0.1) is 0 Å². The molecule has 1 fully saturated rings. The maximum atomic E-state index is 13.0. The third-order valence-electron chi connectivity index (χ3n) is 4.43. The molecule has 15 heteroatoms. The zero-order valence-corrected chi connectivity index (χ0v) is 19.5. The highest BCUT2D eigenvalue weighted by atomic mass is 35.5. The monoisotopic (exact) mass is 523 g/mol. The first-order valence-electron chi connectivity index (χ1n) is 9.73. The van der Waals surface area contributed by atoms with E-state index in [4.69, 9.17) is 30.9 Å². The van der Waals surface area contributed by atoms with Gasteiger partial charge in [0.05, 0.1) is 37.5 Å². The number of methoxy groups -OCH3 is 2. The molecule has 0 bridgehead atoms. The lowest BCUT2D eigenvalue weighted by Gasteiger charge is -2.18. The summed E-state index contributed by atoms with van der Waals surface area (Å²) in [5.41, 5.74) is -1.64. The lowest BCUT2D eigenvalue weighted by Crippen LogP contribution is -2.42. The Balaban J connectivity index is 1.69. The molecule has 34 heavy (non-hydrogen) atoms. The molecule has 1 aromatic heterocycles. The van der Waals surface area contributed by atoms with Gasteiger partial charge in [-0.1, -0.05) is 23.4 Å². The Bertz CT molecular complexity index is 1010. The molecule has 2 heterocycles. The second kappa shape index (κ2) is 11.2. The van der Waals surface area contributed by atoms with Crippen molar-refractivity contribution in [2.45, 2.75) is 17.8 Å². The van der Waals surface area contributed by atoms with Crippen molar-refractivity contribution in [2.75, 3.05) is 43.8 Å². The minimum absolute atomic E-state index is 0.00446. The number of nitrogens with one attached hydrogen (secondary N) is 3. The quantitative estimate of drug-likeness (QED) is 0.389. The molecule has 1 aliphatic heterocycles. The molecule has 0 radical (unpaired) electrons. The number of ether oxygens (including phenoxy) is 3. The van der Waals surface area contributed by atoms with E-state index < -0.39 is 29.2 Å². The van der Waals surface area contributed by atoms with Crippen molar-refractivity contribution in [1.82, 2.24) is 15.3 Å². The second-order valence-electron chi connectivity index (χ2n) is 6.73. The van der Waals surface area contributed by atoms with E-state index in [1.165, 1.54) is 26.0 Å². The van der Waals surface area contributed by atoms with Crippen LogP contribution in [-0.2, 0) is 11.0 Å². The summed E-state index contributed by atoms with van der Waals surface area (Å²) in [4.78, 5) is 21.1. The summed E-state index contributed by atoms with van der Waals surface area (Å²) in [6, 6.07) is 1.99. The van der Waals surface area contributed by atoms with Crippen molar-refractivity contribution in [2.24, 2.45) is 0 Å². The van der Waals surface area contributed by atoms with Crippen LogP contribution in [-0.4, -0.2) is 65.7 Å². The standard InChI is InChI=1S/C19H21ClF3N5O5S/c1-31-15-13(16(32-2)28-17(27-15)24-5-6-29)26-14(30)11-8-34-18(25-11)33-12-7-9(19(21,22)23)3-4-10(12)20/h3-4,7,11,18,25,29H,5-6,8H2,1-2H3,(H,26,30)(H,24,27,28). The number of carbonyl (C=O) groups is 1. The smallest absolute Gasteiger partial charge is 0.416 e. The summed E-state index contributed by atoms with van der Waals surface area (Å²) in [5, 5.41) is 17.2. The first-order chi connectivity index (χ1) is 16.2. The lowest BCUT2D eigenvalue weighted by molar-refractivity contribution is -0.137. The molecular formula is C19H21ClF3N5O5S. The van der Waals surface area contributed by atoms with Gasteiger partial charge < -0.3 is 30.0 Å². The van der Waals surface area contributed by atoms with Crippen LogP contribution in [0.2, 0.25) is 5.02 Å². The van der Waals surface area contributed by atoms with Crippen molar-refractivity contribution < 1.29 is 37.3 Å². The molecule has 4 N–H and O–H groups in total. The molecule has 0 spiro atoms. The molecule has 1 amide bonds. The topological polar surface area (TPSA) is 127 Å². The summed E-state index contributed by atoms with van der Waals surface area (Å²) in [6.45, 7) is 0.0466. The summed E-state index contributed by atoms with van der Waals surface area (Å²) >= 11 is 7.15. The van der Waals surface area contributed by atoms with E-state index in [1.807, 2.05) is 0 Å². The number of hydrogen-bond acceptors (Lipinski definition) is 10. The van der Waals surface area contributed by atoms with Crippen LogP contribution in [0.4, 0.5) is 24.8 Å². The van der Waals surface area contributed by atoms with Crippen LogP contribution in [0.15, 0.2) is 18.2 Å². The molecule has 1 saturated heterocycles. The van der Waals surface area contributed by atoms with E-state index in [-0.39, 0.29) is 53.1 Å². The largest absolute Gasteiger partial charge is 0.479 e. The van der Waals surface area contributed by atoms with E-state index in [1.54, 1.807) is 0 Å². The number of benzene rings is 1. The van der Waals surface area contributed by atoms with E-state index in [9.17, 15) is 18.0 Å². The van der Waals surface area contributed by atoms with Crippen LogP contribution < -0.4 is 30.2 Å². The SMILES string of the molecule is COc1nc(NCCO)nc(OC)c1NC(=O)C1CSC(Oc2cc(C(F)(F)F)ccc2Cl)N1. The van der Waals surface area contributed by atoms with Gasteiger partial charge >= 0.3 is 6.18 Å². The molecule has 2 aromatic rings. The highest BCUT2D eigenvalue weighted by Crippen LogP contribution is 2.37. The highest BCUT2D eigenvalue weighted by Gasteiger charge is 2.34. The molecule has 2 unspecified atom stereocenters. The number of anilines is 2. The third kappa shape index (κ3) is 6.25. The van der Waals surface area contributed by atoms with E-state index in [0.717, 1.165) is 18.2 Å². The van der Waals surface area contributed by atoms with Gasteiger partial charge in [0.2, 0.25) is 23.6 Å². The van der Waals surface area contributed by atoms with Gasteiger partial charge in [0.15, 0.2) is 11.2 Å². The Kier molecular flexibility index (Phi) is 8.52. The zero-order valence-electron chi connectivity index (χ0n) is 17.9. The molecule has 3 rings (SSSR count). The molecule has 1 aliphatic rings. The van der Waals surface area contributed by atoms with Gasteiger partial charge in [0.25, 0.3) is 0 Å². The second-order valence-corrected chi connectivity index (χ2v) is 8.23. The number of hydrogen-bond donors (Lipinski definition) is 4. The van der Waals surface area contributed by atoms with Crippen LogP contribution >= 0.6 is 23.4 Å². The fourth-order valence-corrected chi connectivity index (χ4v) is 4.04. The summed E-state index contributed by atoms with van der Waals surface area (Å²) in [7, 11) is 2.69. The zero-order chi connectivity index (χ0) is 24.9. The van der Waals surface area contributed by atoms with E-state index in [0.29, 0.717) is 0 Å². The molecule has 186 valence electrons. The number of halogens is 4. The number of nitrogens with zero attached hydrogens (tertiary/aromatic N) is 2. The maximum Gasteiger partial charge on any atom is 0.416 e. The van der Waals surface area contributed by atoms with Crippen LogP contribution in [0.25, 0.3) is 0 Å². The van der Waals surface area contributed by atoms with Crippen LogP contribution in [0.5, 0.6) is 17.5 Å². The van der Waals surface area contributed by atoms with Gasteiger partial charge in [-0.25, -0.2) is 0 Å². The molecule has 1 aromatic carbocycles. The first-order valence-corrected chi connectivity index (χ1v) is 11.2. The van der Waals surface area contributed by atoms with Gasteiger partial charge in [0, 0.05) is 12.3 Å². The minimum Gasteiger partial charge on any atom is -0.479 e. The predicted molar refractivity (Wildman–Crippen MR) is 120 cm³/mol. The number of amides is 1. The third-order valence-corrected chi connectivity index (χ3v) is 5.81. The number of alkyl halides is 3. The Labute approximate surface area is 201 Å². The normalized spacial score (nSPS) is 17.9. The van der Waals surface area contributed by atoms with Crippen molar-refractivity contribution in [3.63, 3.8) is 0 Å². The molecule has 0 aliphatic carbocycles. The van der Waals surface area contributed by atoms with E-state index >= 15 is 0 Å². The van der Waals surface area contributed by atoms with Gasteiger partial charge in [-0.3, -0.25) is 10.1 Å². The van der Waals surface area contributed by atoms with Crippen LogP contribution in [0.3, 0.4) is 0 Å². The molecule has 10 nitrogen and oxygen atoms in total. The Morgan fingerprint density at radius 2 is 1.97 bits per heavy atom. The number of aliphatic hydroxyl groups is 1. The minimum atomic E-state index is -4.55. The van der Waals surface area contributed by atoms with Crippen molar-refractivity contribution in [3.05, 3.63) is 28.8 Å². The van der Waals surface area contributed by atoms with Crippen LogP contribution in [0.1, 0.15) is 5.56 Å². The van der Waals surface area contributed by atoms with Crippen LogP contribution in [0, 0.1) is 0 Å². The summed E-state index contributed by atoms with van der Waals surface area (Å²) < 4.78 is 54.9. The number of thioether (sulfide) groups is 1. The molecule has 2 atom stereocenters. The molecular weight excluding hydrogens is 503 g/mol. The summed E-state index contributed by atoms with van der Waals surface area (Å²) in [6.07, 6.45) is -4.55. The number of aliphatic hydroxyl groups excluding tert-OH is 1. The average molecular weight is 524 g/mol. The lowest BCUT2D eigenvalue weighted by atomic mass is 10.2. The fourth-order valence-electron chi connectivity index (χ4n) is 2.83. The number of aromatic nitrogens is 2. The Morgan fingerprint density at radius 3 is 2.56 bits per heavy atom. The first kappa shape index (κ1) is 25.9. The Morgan fingerprint density at radius 1 is 1.29 bits per heavy atom. The number of carbonyl (C=O) groups excluding carboxylic acids is 1. The van der Waals surface area contributed by atoms with E-state index in [2.05, 4.69) is 25.9 Å². The average Bonchev–Trinajstić information content (AvgIpc) is 3.27. The Hall–Kier alpha value is -2.68. The van der Waals surface area contributed by atoms with Gasteiger partial charge in [-0.05, 0) is 18.2 Å². The van der Waals surface area contributed by atoms with Gasteiger partial charge in [0.1, 0.15) is 5.75 Å². The van der Waals surface area contributed by atoms with Crippen molar-refractivity contribution >= 4 is 40.9 Å². The summed E-state index contributed by atoms with van der Waals surface area (Å²) in [5.74, 6) is -0.226. The maximum absolute atomic E-state index is 13.0. The van der Waals surface area contributed by atoms with Gasteiger partial charge in [-0.2, -0.15) is 23.1 Å². The molecule has 0 saturated carbocycles. The number of rotatable bonds is 9. The van der Waals surface area contributed by atoms with Crippen molar-refractivity contribution in [3.8, 4) is 17.5 Å². The van der Waals surface area contributed by atoms with Crippen molar-refractivity contribution in [1.29, 1.82) is 0 Å². The predicted octanol–water partition coefficient (Wildman–Crippen LogP) is 2.58. The fraction of sp³-hybridized carbons (Fsp3) is 0.421.